The van der Waals surface area contributed by atoms with Crippen LogP contribution in [0.4, 0.5) is 0 Å². The molecular formula is C17H28N2O2. The van der Waals surface area contributed by atoms with E-state index in [2.05, 4.69) is 48.2 Å². The van der Waals surface area contributed by atoms with Crippen molar-refractivity contribution in [1.82, 2.24) is 9.80 Å². The third kappa shape index (κ3) is 5.65. The number of ether oxygens (including phenoxy) is 2. The van der Waals surface area contributed by atoms with Crippen molar-refractivity contribution in [1.29, 1.82) is 0 Å². The van der Waals surface area contributed by atoms with Crippen molar-refractivity contribution in [2.45, 2.75) is 32.6 Å². The molecule has 0 aromatic heterocycles. The number of rotatable bonds is 6. The van der Waals surface area contributed by atoms with Crippen LogP contribution in [-0.4, -0.2) is 62.3 Å². The van der Waals surface area contributed by atoms with E-state index in [4.69, 9.17) is 9.47 Å². The van der Waals surface area contributed by atoms with Crippen molar-refractivity contribution in [2.24, 2.45) is 0 Å². The Morgan fingerprint density at radius 2 is 2.00 bits per heavy atom. The van der Waals surface area contributed by atoms with E-state index in [0.717, 1.165) is 38.5 Å². The van der Waals surface area contributed by atoms with E-state index >= 15 is 0 Å². The first-order valence-corrected chi connectivity index (χ1v) is 7.77. The average molecular weight is 292 g/mol. The van der Waals surface area contributed by atoms with Gasteiger partial charge in [-0.2, -0.15) is 0 Å². The van der Waals surface area contributed by atoms with Gasteiger partial charge in [-0.25, -0.2) is 0 Å². The normalized spacial score (nSPS) is 20.2. The van der Waals surface area contributed by atoms with Crippen LogP contribution < -0.4 is 4.74 Å². The van der Waals surface area contributed by atoms with Gasteiger partial charge in [0.2, 0.25) is 0 Å². The largest absolute Gasteiger partial charge is 0.491 e. The average Bonchev–Trinajstić information content (AvgIpc) is 2.40. The zero-order valence-corrected chi connectivity index (χ0v) is 13.7. The number of nitrogens with zero attached hydrogens (tertiary/aromatic N) is 2. The molecule has 118 valence electrons. The molecule has 21 heavy (non-hydrogen) atoms. The highest BCUT2D eigenvalue weighted by Crippen LogP contribution is 2.16. The summed E-state index contributed by atoms with van der Waals surface area (Å²) >= 11 is 0. The SMILES string of the molecule is CC(C)Oc1ccc(CN2CCOC(CN(C)C)C2)cc1. The Balaban J connectivity index is 1.86. The van der Waals surface area contributed by atoms with Gasteiger partial charge in [-0.1, -0.05) is 12.1 Å². The zero-order valence-electron chi connectivity index (χ0n) is 13.7. The van der Waals surface area contributed by atoms with Crippen LogP contribution in [0.25, 0.3) is 0 Å². The molecule has 4 heteroatoms. The molecule has 1 heterocycles. The van der Waals surface area contributed by atoms with Crippen molar-refractivity contribution in [2.75, 3.05) is 40.3 Å². The summed E-state index contributed by atoms with van der Waals surface area (Å²) in [4.78, 5) is 4.65. The molecule has 0 N–H and O–H groups in total. The summed E-state index contributed by atoms with van der Waals surface area (Å²) in [7, 11) is 4.19. The molecule has 1 fully saturated rings. The maximum atomic E-state index is 5.82. The van der Waals surface area contributed by atoms with Crippen molar-refractivity contribution in [3.8, 4) is 5.75 Å². The van der Waals surface area contributed by atoms with E-state index in [1.54, 1.807) is 0 Å². The summed E-state index contributed by atoms with van der Waals surface area (Å²) in [5.41, 5.74) is 1.33. The Morgan fingerprint density at radius 1 is 1.29 bits per heavy atom. The number of benzene rings is 1. The van der Waals surface area contributed by atoms with Gasteiger partial charge in [0.25, 0.3) is 0 Å². The Bertz CT molecular complexity index is 417. The Labute approximate surface area is 128 Å². The predicted octanol–water partition coefficient (Wildman–Crippen LogP) is 2.24. The quantitative estimate of drug-likeness (QED) is 0.803. The predicted molar refractivity (Wildman–Crippen MR) is 85.8 cm³/mol. The summed E-state index contributed by atoms with van der Waals surface area (Å²) in [5, 5.41) is 0. The van der Waals surface area contributed by atoms with E-state index in [1.165, 1.54) is 5.56 Å². The van der Waals surface area contributed by atoms with Gasteiger partial charge in [0.05, 0.1) is 18.8 Å². The van der Waals surface area contributed by atoms with Gasteiger partial charge in [-0.15, -0.1) is 0 Å². The molecule has 0 saturated carbocycles. The van der Waals surface area contributed by atoms with Gasteiger partial charge < -0.3 is 14.4 Å². The fourth-order valence-corrected chi connectivity index (χ4v) is 2.65. The third-order valence-corrected chi connectivity index (χ3v) is 3.49. The number of morpholine rings is 1. The molecular weight excluding hydrogens is 264 g/mol. The van der Waals surface area contributed by atoms with E-state index in [1.807, 2.05) is 13.8 Å². The summed E-state index contributed by atoms with van der Waals surface area (Å²) in [6.45, 7) is 8.90. The molecule has 1 aromatic rings. The lowest BCUT2D eigenvalue weighted by Gasteiger charge is -2.34. The minimum absolute atomic E-state index is 0.224. The smallest absolute Gasteiger partial charge is 0.119 e. The number of hydrogen-bond acceptors (Lipinski definition) is 4. The molecule has 1 saturated heterocycles. The van der Waals surface area contributed by atoms with Crippen molar-refractivity contribution < 1.29 is 9.47 Å². The zero-order chi connectivity index (χ0) is 15.2. The Hall–Kier alpha value is -1.10. The Kier molecular flexibility index (Phi) is 6.03. The van der Waals surface area contributed by atoms with Crippen molar-refractivity contribution >= 4 is 0 Å². The lowest BCUT2D eigenvalue weighted by molar-refractivity contribution is -0.0406. The highest BCUT2D eigenvalue weighted by atomic mass is 16.5. The molecule has 0 aliphatic carbocycles. The van der Waals surface area contributed by atoms with Crippen molar-refractivity contribution in [3.05, 3.63) is 29.8 Å². The molecule has 4 nitrogen and oxygen atoms in total. The minimum Gasteiger partial charge on any atom is -0.491 e. The van der Waals surface area contributed by atoms with Gasteiger partial charge in [-0.05, 0) is 45.6 Å². The van der Waals surface area contributed by atoms with Crippen LogP contribution in [0, 0.1) is 0 Å². The summed E-state index contributed by atoms with van der Waals surface area (Å²) in [5.74, 6) is 0.946. The van der Waals surface area contributed by atoms with Crippen LogP contribution in [0.15, 0.2) is 24.3 Å². The number of likely N-dealkylation sites (N-methyl/N-ethyl adjacent to an activating group) is 1. The van der Waals surface area contributed by atoms with E-state index < -0.39 is 0 Å². The van der Waals surface area contributed by atoms with E-state index in [9.17, 15) is 0 Å². The highest BCUT2D eigenvalue weighted by Gasteiger charge is 2.20. The fraction of sp³-hybridized carbons (Fsp3) is 0.647. The molecule has 1 unspecified atom stereocenters. The number of hydrogen-bond donors (Lipinski definition) is 0. The summed E-state index contributed by atoms with van der Waals surface area (Å²) in [6, 6.07) is 8.45. The van der Waals surface area contributed by atoms with Gasteiger partial charge in [0.15, 0.2) is 0 Å². The molecule has 1 aliphatic heterocycles. The first-order valence-electron chi connectivity index (χ1n) is 7.77. The molecule has 0 bridgehead atoms. The van der Waals surface area contributed by atoms with Gasteiger partial charge in [0.1, 0.15) is 5.75 Å². The minimum atomic E-state index is 0.224. The molecule has 1 aliphatic rings. The third-order valence-electron chi connectivity index (χ3n) is 3.49. The fourth-order valence-electron chi connectivity index (χ4n) is 2.65. The van der Waals surface area contributed by atoms with Crippen molar-refractivity contribution in [3.63, 3.8) is 0 Å². The lowest BCUT2D eigenvalue weighted by atomic mass is 10.1. The second-order valence-electron chi connectivity index (χ2n) is 6.30. The molecule has 1 aromatic carbocycles. The molecule has 0 radical (unpaired) electrons. The van der Waals surface area contributed by atoms with Crippen LogP contribution in [0.5, 0.6) is 5.75 Å². The van der Waals surface area contributed by atoms with Gasteiger partial charge >= 0.3 is 0 Å². The summed E-state index contributed by atoms with van der Waals surface area (Å²) < 4.78 is 11.5. The van der Waals surface area contributed by atoms with Crippen LogP contribution in [0.2, 0.25) is 0 Å². The first kappa shape index (κ1) is 16.3. The second-order valence-corrected chi connectivity index (χ2v) is 6.30. The lowest BCUT2D eigenvalue weighted by Crippen LogP contribution is -2.45. The van der Waals surface area contributed by atoms with Crippen LogP contribution in [0.3, 0.4) is 0 Å². The molecule has 0 spiro atoms. The van der Waals surface area contributed by atoms with Crippen LogP contribution in [0.1, 0.15) is 19.4 Å². The molecule has 0 amide bonds. The van der Waals surface area contributed by atoms with E-state index in [0.29, 0.717) is 6.10 Å². The first-order chi connectivity index (χ1) is 10.0. The van der Waals surface area contributed by atoms with Crippen LogP contribution in [-0.2, 0) is 11.3 Å². The van der Waals surface area contributed by atoms with Crippen LogP contribution >= 0.6 is 0 Å². The maximum Gasteiger partial charge on any atom is 0.119 e. The standard InChI is InChI=1S/C17H28N2O2/c1-14(2)21-16-7-5-15(6-8-16)11-19-9-10-20-17(13-19)12-18(3)4/h5-8,14,17H,9-13H2,1-4H3. The molecule has 2 rings (SSSR count). The molecule has 1 atom stereocenters. The monoisotopic (exact) mass is 292 g/mol. The summed E-state index contributed by atoms with van der Waals surface area (Å²) in [6.07, 6.45) is 0.541. The topological polar surface area (TPSA) is 24.9 Å². The van der Waals surface area contributed by atoms with Gasteiger partial charge in [0, 0.05) is 26.2 Å². The highest BCUT2D eigenvalue weighted by molar-refractivity contribution is 5.27. The van der Waals surface area contributed by atoms with Gasteiger partial charge in [-0.3, -0.25) is 4.90 Å². The maximum absolute atomic E-state index is 5.82. The van der Waals surface area contributed by atoms with E-state index in [-0.39, 0.29) is 6.10 Å². The Morgan fingerprint density at radius 3 is 2.62 bits per heavy atom. The second kappa shape index (κ2) is 7.78.